The van der Waals surface area contributed by atoms with Gasteiger partial charge in [-0.3, -0.25) is 4.79 Å². The fraction of sp³-hybridized carbons (Fsp3) is 0.250. The van der Waals surface area contributed by atoms with Crippen molar-refractivity contribution >= 4 is 16.8 Å². The molecule has 0 radical (unpaired) electrons. The second-order valence-electron chi connectivity index (χ2n) is 5.72. The van der Waals surface area contributed by atoms with Gasteiger partial charge in [0.2, 0.25) is 5.91 Å². The summed E-state index contributed by atoms with van der Waals surface area (Å²) in [5.41, 5.74) is 2.37. The van der Waals surface area contributed by atoms with Crippen LogP contribution in [-0.2, 0) is 11.2 Å². The van der Waals surface area contributed by atoms with Crippen molar-refractivity contribution in [2.24, 2.45) is 0 Å². The summed E-state index contributed by atoms with van der Waals surface area (Å²) in [4.78, 5) is 15.1. The predicted octanol–water partition coefficient (Wildman–Crippen LogP) is 3.69. The van der Waals surface area contributed by atoms with Crippen LogP contribution in [0.4, 0.5) is 0 Å². The molecule has 0 unspecified atom stereocenters. The Balaban J connectivity index is 1.34. The molecular formula is C20H22N2O2. The Morgan fingerprint density at radius 3 is 2.71 bits per heavy atom. The van der Waals surface area contributed by atoms with Crippen LogP contribution < -0.4 is 10.1 Å². The number of amides is 1. The zero-order chi connectivity index (χ0) is 16.6. The number of hydrogen-bond donors (Lipinski definition) is 2. The highest BCUT2D eigenvalue weighted by Gasteiger charge is 2.05. The van der Waals surface area contributed by atoms with E-state index < -0.39 is 0 Å². The molecule has 4 nitrogen and oxygen atoms in total. The standard InChI is InChI=1S/C20H22N2O2/c23-20(11-6-14-24-17-7-2-1-3-8-17)21-13-12-16-15-22-19-10-5-4-9-18(16)19/h1-5,7-10,15,22H,6,11-14H2,(H,21,23). The molecule has 0 fully saturated rings. The van der Waals surface area contributed by atoms with E-state index >= 15 is 0 Å². The number of rotatable bonds is 8. The van der Waals surface area contributed by atoms with Gasteiger partial charge in [-0.15, -0.1) is 0 Å². The number of carbonyl (C=O) groups is 1. The van der Waals surface area contributed by atoms with E-state index in [0.717, 1.165) is 17.7 Å². The van der Waals surface area contributed by atoms with Gasteiger partial charge in [-0.1, -0.05) is 36.4 Å². The van der Waals surface area contributed by atoms with Crippen LogP contribution in [0.3, 0.4) is 0 Å². The van der Waals surface area contributed by atoms with Crippen LogP contribution in [0.1, 0.15) is 18.4 Å². The maximum absolute atomic E-state index is 11.9. The summed E-state index contributed by atoms with van der Waals surface area (Å²) in [5, 5.41) is 4.20. The Morgan fingerprint density at radius 2 is 1.83 bits per heavy atom. The molecule has 3 rings (SSSR count). The monoisotopic (exact) mass is 322 g/mol. The summed E-state index contributed by atoms with van der Waals surface area (Å²) < 4.78 is 5.58. The second-order valence-corrected chi connectivity index (χ2v) is 5.72. The molecule has 2 N–H and O–H groups in total. The molecule has 0 aliphatic carbocycles. The van der Waals surface area contributed by atoms with Crippen molar-refractivity contribution in [3.63, 3.8) is 0 Å². The third kappa shape index (κ3) is 4.38. The van der Waals surface area contributed by atoms with E-state index in [1.165, 1.54) is 10.9 Å². The van der Waals surface area contributed by atoms with Gasteiger partial charge in [-0.2, -0.15) is 0 Å². The SMILES string of the molecule is O=C(CCCOc1ccccc1)NCCc1c[nH]c2ccccc12. The Bertz CT molecular complexity index is 780. The Hall–Kier alpha value is -2.75. The molecule has 4 heteroatoms. The van der Waals surface area contributed by atoms with Gasteiger partial charge in [-0.05, 0) is 36.6 Å². The molecular weight excluding hydrogens is 300 g/mol. The van der Waals surface area contributed by atoms with Gasteiger partial charge >= 0.3 is 0 Å². The molecule has 0 saturated heterocycles. The zero-order valence-electron chi connectivity index (χ0n) is 13.6. The zero-order valence-corrected chi connectivity index (χ0v) is 13.6. The van der Waals surface area contributed by atoms with Crippen molar-refractivity contribution in [2.75, 3.05) is 13.2 Å². The number of fused-ring (bicyclic) bond motifs is 1. The molecule has 3 aromatic rings. The number of aromatic amines is 1. The van der Waals surface area contributed by atoms with Crippen LogP contribution in [0.15, 0.2) is 60.8 Å². The molecule has 0 spiro atoms. The summed E-state index contributed by atoms with van der Waals surface area (Å²) >= 11 is 0. The van der Waals surface area contributed by atoms with Crippen LogP contribution in [0.2, 0.25) is 0 Å². The van der Waals surface area contributed by atoms with Crippen molar-refractivity contribution in [3.05, 3.63) is 66.4 Å². The van der Waals surface area contributed by atoms with Gasteiger partial charge < -0.3 is 15.0 Å². The topological polar surface area (TPSA) is 54.1 Å². The molecule has 0 aliphatic heterocycles. The van der Waals surface area contributed by atoms with Crippen molar-refractivity contribution < 1.29 is 9.53 Å². The highest BCUT2D eigenvalue weighted by molar-refractivity contribution is 5.83. The highest BCUT2D eigenvalue weighted by atomic mass is 16.5. The van der Waals surface area contributed by atoms with Gasteiger partial charge in [0.1, 0.15) is 5.75 Å². The van der Waals surface area contributed by atoms with Crippen LogP contribution in [0, 0.1) is 0 Å². The predicted molar refractivity (Wildman–Crippen MR) is 96.2 cm³/mol. The molecule has 0 bridgehead atoms. The highest BCUT2D eigenvalue weighted by Crippen LogP contribution is 2.17. The van der Waals surface area contributed by atoms with E-state index in [-0.39, 0.29) is 5.91 Å². The first kappa shape index (κ1) is 16.1. The summed E-state index contributed by atoms with van der Waals surface area (Å²) in [6.07, 6.45) is 4.05. The lowest BCUT2D eigenvalue weighted by atomic mass is 10.1. The van der Waals surface area contributed by atoms with E-state index in [0.29, 0.717) is 26.0 Å². The fourth-order valence-electron chi connectivity index (χ4n) is 2.70. The average Bonchev–Trinajstić information content (AvgIpc) is 3.03. The maximum Gasteiger partial charge on any atom is 0.220 e. The Kier molecular flexibility index (Phi) is 5.51. The van der Waals surface area contributed by atoms with E-state index in [4.69, 9.17) is 4.74 Å². The molecule has 124 valence electrons. The van der Waals surface area contributed by atoms with Crippen LogP contribution in [0.5, 0.6) is 5.75 Å². The van der Waals surface area contributed by atoms with Crippen LogP contribution in [-0.4, -0.2) is 24.0 Å². The summed E-state index contributed by atoms with van der Waals surface area (Å²) in [6, 6.07) is 17.9. The quantitative estimate of drug-likeness (QED) is 0.622. The summed E-state index contributed by atoms with van der Waals surface area (Å²) in [6.45, 7) is 1.21. The van der Waals surface area contributed by atoms with Crippen molar-refractivity contribution in [2.45, 2.75) is 19.3 Å². The molecule has 0 atom stereocenters. The second kappa shape index (κ2) is 8.20. The molecule has 1 aromatic heterocycles. The first-order valence-corrected chi connectivity index (χ1v) is 8.32. The number of ether oxygens (including phenoxy) is 1. The molecule has 0 saturated carbocycles. The van der Waals surface area contributed by atoms with Gasteiger partial charge in [0, 0.05) is 30.1 Å². The molecule has 24 heavy (non-hydrogen) atoms. The van der Waals surface area contributed by atoms with Crippen LogP contribution in [0.25, 0.3) is 10.9 Å². The van der Waals surface area contributed by atoms with Crippen molar-refractivity contribution in [1.82, 2.24) is 10.3 Å². The molecule has 2 aromatic carbocycles. The first-order chi connectivity index (χ1) is 11.8. The smallest absolute Gasteiger partial charge is 0.220 e. The van der Waals surface area contributed by atoms with Crippen LogP contribution >= 0.6 is 0 Å². The number of hydrogen-bond acceptors (Lipinski definition) is 2. The number of carbonyl (C=O) groups excluding carboxylic acids is 1. The third-order valence-corrected chi connectivity index (χ3v) is 3.95. The minimum Gasteiger partial charge on any atom is -0.494 e. The number of benzene rings is 2. The molecule has 1 amide bonds. The Morgan fingerprint density at radius 1 is 1.04 bits per heavy atom. The maximum atomic E-state index is 11.9. The fourth-order valence-corrected chi connectivity index (χ4v) is 2.70. The van der Waals surface area contributed by atoms with Crippen molar-refractivity contribution in [3.8, 4) is 5.75 Å². The summed E-state index contributed by atoms with van der Waals surface area (Å²) in [7, 11) is 0. The van der Waals surface area contributed by atoms with Crippen molar-refractivity contribution in [1.29, 1.82) is 0 Å². The average molecular weight is 322 g/mol. The number of H-pyrrole nitrogens is 1. The van der Waals surface area contributed by atoms with E-state index in [9.17, 15) is 4.79 Å². The van der Waals surface area contributed by atoms with E-state index in [1.54, 1.807) is 0 Å². The lowest BCUT2D eigenvalue weighted by molar-refractivity contribution is -0.121. The van der Waals surface area contributed by atoms with E-state index in [1.807, 2.05) is 48.7 Å². The summed E-state index contributed by atoms with van der Waals surface area (Å²) in [5.74, 6) is 0.920. The lowest BCUT2D eigenvalue weighted by Crippen LogP contribution is -2.25. The molecule has 0 aliphatic rings. The van der Waals surface area contributed by atoms with Gasteiger partial charge in [-0.25, -0.2) is 0 Å². The minimum absolute atomic E-state index is 0.0755. The minimum atomic E-state index is 0.0755. The van der Waals surface area contributed by atoms with Gasteiger partial charge in [0.05, 0.1) is 6.61 Å². The largest absolute Gasteiger partial charge is 0.494 e. The first-order valence-electron chi connectivity index (χ1n) is 8.32. The number of aromatic nitrogens is 1. The van der Waals surface area contributed by atoms with Gasteiger partial charge in [0.25, 0.3) is 0 Å². The Labute approximate surface area is 141 Å². The normalized spacial score (nSPS) is 10.7. The number of para-hydroxylation sites is 2. The van der Waals surface area contributed by atoms with Gasteiger partial charge in [0.15, 0.2) is 0 Å². The third-order valence-electron chi connectivity index (χ3n) is 3.95. The van der Waals surface area contributed by atoms with E-state index in [2.05, 4.69) is 22.4 Å². The number of nitrogens with one attached hydrogen (secondary N) is 2. The molecule has 1 heterocycles. The lowest BCUT2D eigenvalue weighted by Gasteiger charge is -2.07.